The summed E-state index contributed by atoms with van der Waals surface area (Å²) >= 11 is 0. The van der Waals surface area contributed by atoms with Crippen molar-refractivity contribution in [1.82, 2.24) is 0 Å². The van der Waals surface area contributed by atoms with Gasteiger partial charge in [0.15, 0.2) is 0 Å². The summed E-state index contributed by atoms with van der Waals surface area (Å²) in [6.45, 7) is 16.1. The van der Waals surface area contributed by atoms with Crippen LogP contribution < -0.4 is 13.6 Å². The fourth-order valence-electron chi connectivity index (χ4n) is 10.0. The number of hydrogen-bond acceptors (Lipinski definition) is 4. The predicted molar refractivity (Wildman–Crippen MR) is 284 cm³/mol. The van der Waals surface area contributed by atoms with E-state index in [2.05, 4.69) is 90.9 Å². The molecule has 4 rings (SSSR count). The first-order valence-corrected chi connectivity index (χ1v) is 32.0. The zero-order chi connectivity index (χ0) is 45.9. The second-order valence-corrected chi connectivity index (χ2v) is 27.7. The number of benzene rings is 4. The average Bonchev–Trinajstić information content (AvgIpc) is 3.30. The molecule has 0 N–H and O–H groups in total. The Kier molecular flexibility index (Phi) is 25.3. The Morgan fingerprint density at radius 1 is 0.422 bits per heavy atom. The van der Waals surface area contributed by atoms with Crippen molar-refractivity contribution in [3.05, 3.63) is 77.9 Å². The van der Waals surface area contributed by atoms with Crippen molar-refractivity contribution < 1.29 is 18.4 Å². The van der Waals surface area contributed by atoms with Crippen molar-refractivity contribution in [2.75, 3.05) is 0 Å². The van der Waals surface area contributed by atoms with Crippen LogP contribution in [0.5, 0.6) is 17.2 Å². The maximum absolute atomic E-state index is 15.3. The second kappa shape index (κ2) is 30.2. The van der Waals surface area contributed by atoms with Crippen molar-refractivity contribution in [1.29, 1.82) is 0 Å². The summed E-state index contributed by atoms with van der Waals surface area (Å²) < 4.78 is 22.4. The van der Waals surface area contributed by atoms with Crippen LogP contribution >= 0.6 is 0 Å². The van der Waals surface area contributed by atoms with Crippen LogP contribution in [-0.4, -0.2) is 22.6 Å². The summed E-state index contributed by atoms with van der Waals surface area (Å²) in [6, 6.07) is 30.1. The number of unbranched alkanes of at least 4 members (excludes halogenated alkanes) is 18. The van der Waals surface area contributed by atoms with E-state index >= 15 is 4.79 Å². The third-order valence-electron chi connectivity index (χ3n) is 13.9. The normalized spacial score (nSPS) is 12.0. The van der Waals surface area contributed by atoms with Gasteiger partial charge in [0.1, 0.15) is 22.8 Å². The molecular weight excluding hydrogens is 817 g/mol. The maximum atomic E-state index is 15.3. The SMILES string of the molecule is CCCCCC[Si](CCCCCC)(CCCCCC)Oc1cc(C(=O)Oc2cccc3ccccc23)c(O[Si](CCCCCC)(CCCCCC)CCCCCC)c2ccc(C)cc12. The lowest BCUT2D eigenvalue weighted by molar-refractivity contribution is 0.0735. The molecule has 0 aliphatic carbocycles. The molecule has 6 heteroatoms. The Hall–Kier alpha value is -3.10. The van der Waals surface area contributed by atoms with Crippen LogP contribution in [0.4, 0.5) is 0 Å². The van der Waals surface area contributed by atoms with Gasteiger partial charge in [-0.3, -0.25) is 0 Å². The average molecular weight is 910 g/mol. The van der Waals surface area contributed by atoms with Crippen molar-refractivity contribution in [2.45, 2.75) is 239 Å². The molecule has 0 aromatic heterocycles. The fraction of sp³-hybridized carbons (Fsp3) is 0.638. The molecule has 0 fully saturated rings. The minimum Gasteiger partial charge on any atom is -0.543 e. The van der Waals surface area contributed by atoms with Gasteiger partial charge in [-0.25, -0.2) is 4.79 Å². The molecule has 64 heavy (non-hydrogen) atoms. The fourth-order valence-corrected chi connectivity index (χ4v) is 18.8. The van der Waals surface area contributed by atoms with E-state index in [1.807, 2.05) is 24.3 Å². The lowest BCUT2D eigenvalue weighted by atomic mass is 10.0. The molecule has 0 heterocycles. The van der Waals surface area contributed by atoms with E-state index in [9.17, 15) is 0 Å². The van der Waals surface area contributed by atoms with Gasteiger partial charge in [0.05, 0.1) is 0 Å². The molecule has 0 radical (unpaired) electrons. The van der Waals surface area contributed by atoms with Gasteiger partial charge in [-0.2, -0.15) is 0 Å². The van der Waals surface area contributed by atoms with E-state index in [4.69, 9.17) is 13.6 Å². The molecule has 0 bridgehead atoms. The molecule has 4 nitrogen and oxygen atoms in total. The molecule has 0 aliphatic rings. The summed E-state index contributed by atoms with van der Waals surface area (Å²) in [6.07, 6.45) is 29.7. The zero-order valence-electron chi connectivity index (χ0n) is 42.2. The van der Waals surface area contributed by atoms with E-state index < -0.39 is 16.6 Å². The summed E-state index contributed by atoms with van der Waals surface area (Å²) in [5.41, 5.74) is 1.75. The first kappa shape index (κ1) is 53.5. The Balaban J connectivity index is 1.98. The number of aryl methyl sites for hydroxylation is 1. The van der Waals surface area contributed by atoms with Crippen molar-refractivity contribution >= 4 is 44.1 Å². The van der Waals surface area contributed by atoms with Gasteiger partial charge in [-0.1, -0.05) is 250 Å². The summed E-state index contributed by atoms with van der Waals surface area (Å²) in [7, 11) is -4.73. The van der Waals surface area contributed by atoms with Gasteiger partial charge in [-0.05, 0) is 66.8 Å². The zero-order valence-corrected chi connectivity index (χ0v) is 44.2. The van der Waals surface area contributed by atoms with Crippen molar-refractivity contribution in [3.63, 3.8) is 0 Å². The molecule has 0 amide bonds. The van der Waals surface area contributed by atoms with Crippen molar-refractivity contribution in [2.24, 2.45) is 0 Å². The molecule has 0 atom stereocenters. The van der Waals surface area contributed by atoms with Gasteiger partial charge in [0.2, 0.25) is 0 Å². The van der Waals surface area contributed by atoms with Gasteiger partial charge in [0.25, 0.3) is 16.6 Å². The predicted octanol–water partition coefficient (Wildman–Crippen LogP) is 19.7. The molecule has 4 aromatic rings. The van der Waals surface area contributed by atoms with Crippen LogP contribution in [0.1, 0.15) is 212 Å². The second-order valence-electron chi connectivity index (χ2n) is 19.6. The molecule has 0 spiro atoms. The Bertz CT molecular complexity index is 1840. The van der Waals surface area contributed by atoms with E-state index in [1.165, 1.54) is 178 Å². The van der Waals surface area contributed by atoms with Crippen LogP contribution in [-0.2, 0) is 0 Å². The third-order valence-corrected chi connectivity index (χ3v) is 22.8. The first-order valence-electron chi connectivity index (χ1n) is 26.9. The molecule has 0 saturated heterocycles. The molecular formula is C58H92O4Si2. The minimum atomic E-state index is -2.41. The van der Waals surface area contributed by atoms with Gasteiger partial charge in [-0.15, -0.1) is 0 Å². The maximum Gasteiger partial charge on any atom is 0.347 e. The van der Waals surface area contributed by atoms with Crippen LogP contribution in [0.15, 0.2) is 66.7 Å². The van der Waals surface area contributed by atoms with E-state index in [1.54, 1.807) is 0 Å². The highest BCUT2D eigenvalue weighted by atomic mass is 28.4. The minimum absolute atomic E-state index is 0.342. The molecule has 0 saturated carbocycles. The lowest BCUT2D eigenvalue weighted by Crippen LogP contribution is -2.43. The molecule has 0 unspecified atom stereocenters. The molecule has 0 aliphatic heterocycles. The first-order chi connectivity index (χ1) is 31.3. The number of hydrogen-bond donors (Lipinski definition) is 0. The van der Waals surface area contributed by atoms with Crippen LogP contribution in [0, 0.1) is 6.92 Å². The molecule has 4 aromatic carbocycles. The number of esters is 1. The molecule has 356 valence electrons. The Labute approximate surface area is 394 Å². The van der Waals surface area contributed by atoms with E-state index in [0.29, 0.717) is 11.3 Å². The highest BCUT2D eigenvalue weighted by Gasteiger charge is 2.40. The highest BCUT2D eigenvalue weighted by Crippen LogP contribution is 2.45. The summed E-state index contributed by atoms with van der Waals surface area (Å²) in [4.78, 5) is 15.3. The van der Waals surface area contributed by atoms with E-state index in [0.717, 1.165) is 51.2 Å². The number of carbonyl (C=O) groups is 1. The topological polar surface area (TPSA) is 44.8 Å². The number of fused-ring (bicyclic) bond motifs is 2. The Morgan fingerprint density at radius 2 is 0.859 bits per heavy atom. The van der Waals surface area contributed by atoms with Crippen LogP contribution in [0.2, 0.25) is 36.3 Å². The number of rotatable bonds is 36. The third kappa shape index (κ3) is 17.3. The van der Waals surface area contributed by atoms with E-state index in [-0.39, 0.29) is 5.97 Å². The van der Waals surface area contributed by atoms with Gasteiger partial charge in [0, 0.05) is 16.2 Å². The van der Waals surface area contributed by atoms with Crippen LogP contribution in [0.3, 0.4) is 0 Å². The quantitative estimate of drug-likeness (QED) is 0.0197. The summed E-state index contributed by atoms with van der Waals surface area (Å²) in [5.74, 6) is 1.88. The van der Waals surface area contributed by atoms with Gasteiger partial charge < -0.3 is 13.6 Å². The standard InChI is InChI=1S/C58H92O4Si2/c1-8-14-20-28-41-63(42-29-21-15-9-2,43-30-22-16-10-3)61-56-48-54(58(59)60-55-38-34-36-50-35-26-27-37-51(50)55)57(52-40-39-49(7)47-53(52)56)62-64(44-31-23-17-11-4,45-32-24-18-12-5)46-33-25-19-13-6/h26-27,34-40,47-48H,8-25,28-33,41-46H2,1-7H3. The highest BCUT2D eigenvalue weighted by molar-refractivity contribution is 6.75. The van der Waals surface area contributed by atoms with Gasteiger partial charge >= 0.3 is 5.97 Å². The van der Waals surface area contributed by atoms with Crippen molar-refractivity contribution in [3.8, 4) is 17.2 Å². The number of carbonyl (C=O) groups excluding carboxylic acids is 1. The largest absolute Gasteiger partial charge is 0.543 e. The van der Waals surface area contributed by atoms with Crippen LogP contribution in [0.25, 0.3) is 21.5 Å². The number of ether oxygens (including phenoxy) is 1. The summed E-state index contributed by atoms with van der Waals surface area (Å²) in [5, 5.41) is 4.13. The Morgan fingerprint density at radius 3 is 1.33 bits per heavy atom. The smallest absolute Gasteiger partial charge is 0.347 e. The monoisotopic (exact) mass is 909 g/mol. The lowest BCUT2D eigenvalue weighted by Gasteiger charge is -2.36.